The van der Waals surface area contributed by atoms with Crippen molar-refractivity contribution < 1.29 is 19.1 Å². The van der Waals surface area contributed by atoms with Gasteiger partial charge in [-0.3, -0.25) is 4.79 Å². The van der Waals surface area contributed by atoms with E-state index in [-0.39, 0.29) is 11.5 Å². The number of hydrogen-bond donors (Lipinski definition) is 2. The summed E-state index contributed by atoms with van der Waals surface area (Å²) in [5, 5.41) is 13.5. The van der Waals surface area contributed by atoms with Crippen LogP contribution in [-0.2, 0) is 0 Å². The van der Waals surface area contributed by atoms with E-state index in [4.69, 9.17) is 9.15 Å². The minimum absolute atomic E-state index is 0.000814. The molecule has 0 aliphatic heterocycles. The van der Waals surface area contributed by atoms with Crippen LogP contribution in [0, 0.1) is 0 Å². The Bertz CT molecular complexity index is 697. The normalized spacial score (nSPS) is 10.8. The Hall–Kier alpha value is -1.80. The first-order valence-electron chi connectivity index (χ1n) is 5.66. The first kappa shape index (κ1) is 15.6. The van der Waals surface area contributed by atoms with Gasteiger partial charge in [0.25, 0.3) is 0 Å². The smallest absolute Gasteiger partial charge is 0.307 e. The summed E-state index contributed by atoms with van der Waals surface area (Å²) >= 11 is 6.31. The number of benzene rings is 1. The number of rotatable bonds is 4. The molecule has 0 atom stereocenters. The van der Waals surface area contributed by atoms with Gasteiger partial charge in [-0.05, 0) is 61.7 Å². The number of nitrogens with zero attached hydrogens (tertiary/aromatic N) is 1. The maximum Gasteiger partial charge on any atom is 0.307 e. The van der Waals surface area contributed by atoms with Crippen molar-refractivity contribution in [3.8, 4) is 11.5 Å². The van der Waals surface area contributed by atoms with Crippen LogP contribution in [0.1, 0.15) is 16.1 Å². The number of hydrazone groups is 1. The SMILES string of the molecule is COc1cc(C=NNC(=O)c2ccc(Br)o2)cc(Br)c1O. The number of furan rings is 1. The van der Waals surface area contributed by atoms with E-state index in [1.165, 1.54) is 19.4 Å². The molecular weight excluding hydrogens is 408 g/mol. The molecule has 0 aliphatic rings. The van der Waals surface area contributed by atoms with E-state index in [1.54, 1.807) is 18.2 Å². The lowest BCUT2D eigenvalue weighted by atomic mass is 10.2. The number of carbonyl (C=O) groups excluding carboxylic acids is 1. The fraction of sp³-hybridized carbons (Fsp3) is 0.0769. The van der Waals surface area contributed by atoms with Crippen molar-refractivity contribution in [1.29, 1.82) is 0 Å². The molecule has 0 saturated heterocycles. The maximum absolute atomic E-state index is 11.7. The van der Waals surface area contributed by atoms with Gasteiger partial charge in [0, 0.05) is 0 Å². The van der Waals surface area contributed by atoms with E-state index in [2.05, 4.69) is 42.4 Å². The lowest BCUT2D eigenvalue weighted by Crippen LogP contribution is -2.16. The van der Waals surface area contributed by atoms with Crippen molar-refractivity contribution in [2.45, 2.75) is 0 Å². The number of methoxy groups -OCH3 is 1. The highest BCUT2D eigenvalue weighted by Crippen LogP contribution is 2.34. The monoisotopic (exact) mass is 416 g/mol. The Morgan fingerprint density at radius 3 is 2.81 bits per heavy atom. The highest BCUT2D eigenvalue weighted by atomic mass is 79.9. The lowest BCUT2D eigenvalue weighted by Gasteiger charge is -2.06. The number of phenols is 1. The van der Waals surface area contributed by atoms with Crippen molar-refractivity contribution in [2.24, 2.45) is 5.10 Å². The van der Waals surface area contributed by atoms with E-state index in [0.29, 0.717) is 20.5 Å². The third-order valence-corrected chi connectivity index (χ3v) is 3.48. The molecule has 1 aromatic heterocycles. The largest absolute Gasteiger partial charge is 0.503 e. The van der Waals surface area contributed by atoms with Crippen molar-refractivity contribution in [2.75, 3.05) is 7.11 Å². The molecule has 6 nitrogen and oxygen atoms in total. The van der Waals surface area contributed by atoms with Crippen molar-refractivity contribution >= 4 is 44.0 Å². The van der Waals surface area contributed by atoms with Crippen LogP contribution in [0.2, 0.25) is 0 Å². The Labute approximate surface area is 137 Å². The Balaban J connectivity index is 2.08. The third kappa shape index (κ3) is 3.85. The summed E-state index contributed by atoms with van der Waals surface area (Å²) in [4.78, 5) is 11.7. The molecule has 2 N–H and O–H groups in total. The zero-order valence-electron chi connectivity index (χ0n) is 10.8. The Kier molecular flexibility index (Phi) is 5.03. The van der Waals surface area contributed by atoms with Gasteiger partial charge >= 0.3 is 5.91 Å². The summed E-state index contributed by atoms with van der Waals surface area (Å²) in [5.41, 5.74) is 2.97. The van der Waals surface area contributed by atoms with Crippen molar-refractivity contribution in [3.63, 3.8) is 0 Å². The molecule has 21 heavy (non-hydrogen) atoms. The van der Waals surface area contributed by atoms with Crippen LogP contribution < -0.4 is 10.2 Å². The average Bonchev–Trinajstić information content (AvgIpc) is 2.89. The van der Waals surface area contributed by atoms with Crippen LogP contribution >= 0.6 is 31.9 Å². The predicted molar refractivity (Wildman–Crippen MR) is 83.8 cm³/mol. The summed E-state index contributed by atoms with van der Waals surface area (Å²) in [6, 6.07) is 6.35. The average molecular weight is 418 g/mol. The maximum atomic E-state index is 11.7. The number of phenolic OH excluding ortho intramolecular Hbond substituents is 1. The summed E-state index contributed by atoms with van der Waals surface area (Å²) in [6.07, 6.45) is 1.42. The van der Waals surface area contributed by atoms with Gasteiger partial charge in [0.2, 0.25) is 0 Å². The third-order valence-electron chi connectivity index (χ3n) is 2.45. The number of carbonyl (C=O) groups is 1. The van der Waals surface area contributed by atoms with Gasteiger partial charge in [-0.2, -0.15) is 5.10 Å². The summed E-state index contributed by atoms with van der Waals surface area (Å²) in [7, 11) is 1.44. The highest BCUT2D eigenvalue weighted by molar-refractivity contribution is 9.10. The topological polar surface area (TPSA) is 84.1 Å². The second-order valence-electron chi connectivity index (χ2n) is 3.86. The standard InChI is InChI=1S/C13H10Br2N2O4/c1-20-10-5-7(4-8(14)12(10)18)6-16-17-13(19)9-2-3-11(15)21-9/h2-6,18H,1H3,(H,17,19). The molecule has 0 unspecified atom stereocenters. The van der Waals surface area contributed by atoms with E-state index in [0.717, 1.165) is 0 Å². The van der Waals surface area contributed by atoms with Gasteiger partial charge in [-0.25, -0.2) is 5.43 Å². The molecule has 0 fully saturated rings. The van der Waals surface area contributed by atoms with Gasteiger partial charge in [0.1, 0.15) is 0 Å². The van der Waals surface area contributed by atoms with E-state index in [9.17, 15) is 9.90 Å². The first-order valence-corrected chi connectivity index (χ1v) is 7.25. The van der Waals surface area contributed by atoms with Crippen LogP contribution in [0.5, 0.6) is 11.5 Å². The highest BCUT2D eigenvalue weighted by Gasteiger charge is 2.10. The molecule has 0 saturated carbocycles. The van der Waals surface area contributed by atoms with E-state index >= 15 is 0 Å². The predicted octanol–water partition coefficient (Wildman–Crippen LogP) is 3.28. The fourth-order valence-corrected chi connectivity index (χ4v) is 2.25. The fourth-order valence-electron chi connectivity index (χ4n) is 1.48. The molecule has 0 radical (unpaired) electrons. The number of ether oxygens (including phenoxy) is 1. The quantitative estimate of drug-likeness (QED) is 0.590. The number of hydrogen-bond acceptors (Lipinski definition) is 5. The molecular formula is C13H10Br2N2O4. The molecule has 110 valence electrons. The summed E-state index contributed by atoms with van der Waals surface area (Å²) in [5.74, 6) is -0.0310. The molecule has 1 amide bonds. The molecule has 0 aliphatic carbocycles. The van der Waals surface area contributed by atoms with Gasteiger partial charge in [0.15, 0.2) is 21.9 Å². The van der Waals surface area contributed by atoms with E-state index in [1.807, 2.05) is 0 Å². The van der Waals surface area contributed by atoms with Crippen molar-refractivity contribution in [1.82, 2.24) is 5.43 Å². The van der Waals surface area contributed by atoms with Gasteiger partial charge in [-0.15, -0.1) is 0 Å². The number of halogens is 2. The van der Waals surface area contributed by atoms with Crippen LogP contribution in [0.15, 0.2) is 42.9 Å². The second kappa shape index (κ2) is 6.77. The van der Waals surface area contributed by atoms with Gasteiger partial charge < -0.3 is 14.3 Å². The molecule has 1 aromatic carbocycles. The number of nitrogens with one attached hydrogen (secondary N) is 1. The first-order chi connectivity index (χ1) is 10.0. The molecule has 8 heteroatoms. The van der Waals surface area contributed by atoms with Crippen LogP contribution in [0.25, 0.3) is 0 Å². The van der Waals surface area contributed by atoms with Gasteiger partial charge in [-0.1, -0.05) is 0 Å². The number of amides is 1. The van der Waals surface area contributed by atoms with Crippen LogP contribution in [0.3, 0.4) is 0 Å². The molecule has 1 heterocycles. The van der Waals surface area contributed by atoms with Crippen molar-refractivity contribution in [3.05, 3.63) is 44.7 Å². The zero-order chi connectivity index (χ0) is 15.4. The van der Waals surface area contributed by atoms with Crippen LogP contribution in [-0.4, -0.2) is 24.3 Å². The van der Waals surface area contributed by atoms with Crippen LogP contribution in [0.4, 0.5) is 0 Å². The summed E-state index contributed by atoms with van der Waals surface area (Å²) in [6.45, 7) is 0. The second-order valence-corrected chi connectivity index (χ2v) is 5.49. The van der Waals surface area contributed by atoms with E-state index < -0.39 is 5.91 Å². The minimum atomic E-state index is -0.471. The lowest BCUT2D eigenvalue weighted by molar-refractivity contribution is 0.0926. The van der Waals surface area contributed by atoms with Gasteiger partial charge in [0.05, 0.1) is 17.8 Å². The molecule has 0 spiro atoms. The minimum Gasteiger partial charge on any atom is -0.503 e. The molecule has 2 rings (SSSR count). The Morgan fingerprint density at radius 2 is 2.19 bits per heavy atom. The molecule has 2 aromatic rings. The summed E-state index contributed by atoms with van der Waals surface area (Å²) < 4.78 is 11.0. The zero-order valence-corrected chi connectivity index (χ0v) is 13.9. The Morgan fingerprint density at radius 1 is 1.43 bits per heavy atom. The molecule has 0 bridgehead atoms. The number of aromatic hydroxyl groups is 1.